The lowest BCUT2D eigenvalue weighted by atomic mass is 10.5. The molecule has 2 heteroatoms. The second-order valence-corrected chi connectivity index (χ2v) is 2.07. The van der Waals surface area contributed by atoms with Crippen LogP contribution in [-0.4, -0.2) is 10.3 Å². The maximum absolute atomic E-state index is 8.17. The Morgan fingerprint density at radius 3 is 2.50 bits per heavy atom. The van der Waals surface area contributed by atoms with Gasteiger partial charge in [-0.15, -0.1) is 0 Å². The van der Waals surface area contributed by atoms with Gasteiger partial charge in [-0.05, 0) is 0 Å². The molecule has 0 heterocycles. The lowest BCUT2D eigenvalue weighted by molar-refractivity contribution is 0.665. The van der Waals surface area contributed by atoms with E-state index in [9.17, 15) is 0 Å². The zero-order valence-electron chi connectivity index (χ0n) is 3.48. The summed E-state index contributed by atoms with van der Waals surface area (Å²) in [5.74, 6) is 2.38. The summed E-state index contributed by atoms with van der Waals surface area (Å²) in [5.41, 5.74) is 0. The first-order chi connectivity index (χ1) is 2.93. The van der Waals surface area contributed by atoms with Gasteiger partial charge in [-0.3, -0.25) is 0 Å². The predicted molar refractivity (Wildman–Crippen MR) is 27.6 cm³/mol. The second-order valence-electron chi connectivity index (χ2n) is 1.52. The normalized spacial score (nSPS) is 18.5. The Kier molecular flexibility index (Phi) is 1.27. The molecule has 0 aromatic heterocycles. The molecule has 0 bridgehead atoms. The van der Waals surface area contributed by atoms with E-state index >= 15 is 0 Å². The Labute approximate surface area is 42.0 Å². The molecule has 1 N–H and O–H groups in total. The van der Waals surface area contributed by atoms with Crippen LogP contribution in [0.4, 0.5) is 0 Å². The largest absolute Gasteiger partial charge is 0.327 e. The van der Waals surface area contributed by atoms with E-state index in [0.29, 0.717) is 0 Å². The lowest BCUT2D eigenvalue weighted by Crippen LogP contribution is -1.71. The molecule has 0 unspecified atom stereocenters. The third kappa shape index (κ3) is 1.11. The number of rotatable bonds is 2. The molecule has 0 amide bonds. The summed E-state index contributed by atoms with van der Waals surface area (Å²) in [6, 6.07) is 0. The molecule has 0 aliphatic heterocycles. The van der Waals surface area contributed by atoms with Crippen molar-refractivity contribution in [3.05, 3.63) is 5.92 Å². The smallest absolute Gasteiger partial charge is 0.161 e. The van der Waals surface area contributed by atoms with Crippen molar-refractivity contribution < 1.29 is 4.55 Å². The van der Waals surface area contributed by atoms with Crippen molar-refractivity contribution in [2.24, 2.45) is 0 Å². The van der Waals surface area contributed by atoms with Gasteiger partial charge >= 0.3 is 0 Å². The fourth-order valence-electron chi connectivity index (χ4n) is 0.324. The maximum Gasteiger partial charge on any atom is 0.161 e. The number of hydrogen-bond acceptors (Lipinski definition) is 2. The molecule has 0 radical (unpaired) electrons. The first kappa shape index (κ1) is 4.34. The quantitative estimate of drug-likeness (QED) is 0.423. The van der Waals surface area contributed by atoms with Crippen molar-refractivity contribution in [2.45, 2.75) is 12.8 Å². The second kappa shape index (κ2) is 1.76. The van der Waals surface area contributed by atoms with Crippen molar-refractivity contribution in [2.75, 3.05) is 5.75 Å². The molecule has 1 aliphatic rings. The Hall–Kier alpha value is 0.180. The van der Waals surface area contributed by atoms with E-state index in [1.165, 1.54) is 18.8 Å². The van der Waals surface area contributed by atoms with Crippen LogP contribution in [0.15, 0.2) is 0 Å². The van der Waals surface area contributed by atoms with E-state index in [0.717, 1.165) is 17.8 Å². The van der Waals surface area contributed by atoms with Crippen LogP contribution in [0.5, 0.6) is 0 Å². The molecule has 34 valence electrons. The van der Waals surface area contributed by atoms with Crippen LogP contribution in [-0.2, 0) is 0 Å². The highest BCUT2D eigenvalue weighted by Gasteiger charge is 2.35. The first-order valence-corrected chi connectivity index (χ1v) is 2.97. The van der Waals surface area contributed by atoms with Crippen LogP contribution in [0.25, 0.3) is 0 Å². The third-order valence-electron chi connectivity index (χ3n) is 0.872. The fraction of sp³-hybridized carbons (Fsp3) is 0.750. The molecule has 1 rings (SSSR count). The molecule has 0 saturated heterocycles. The minimum absolute atomic E-state index is 0.875. The van der Waals surface area contributed by atoms with E-state index in [-0.39, 0.29) is 0 Å². The summed E-state index contributed by atoms with van der Waals surface area (Å²) >= 11 is 0.935. The van der Waals surface area contributed by atoms with Crippen molar-refractivity contribution in [1.29, 1.82) is 0 Å². The summed E-state index contributed by atoms with van der Waals surface area (Å²) in [4.78, 5) is 0. The standard InChI is InChI=1S/C4H6OS/c5-6-3-4-1-2-4/h1-3H2/p+1. The Morgan fingerprint density at radius 2 is 2.33 bits per heavy atom. The van der Waals surface area contributed by atoms with Crippen LogP contribution in [0.2, 0.25) is 0 Å². The Morgan fingerprint density at radius 1 is 1.67 bits per heavy atom. The van der Waals surface area contributed by atoms with E-state index in [1.54, 1.807) is 0 Å². The predicted octanol–water partition coefficient (Wildman–Crippen LogP) is 1.56. The average molecular weight is 103 g/mol. The molecule has 1 nitrogen and oxygen atoms in total. The molecule has 1 fully saturated rings. The molecule has 6 heavy (non-hydrogen) atoms. The highest BCUT2D eigenvalue weighted by molar-refractivity contribution is 7.93. The molecule has 0 aromatic carbocycles. The minimum atomic E-state index is 0.875. The van der Waals surface area contributed by atoms with Crippen molar-refractivity contribution in [1.82, 2.24) is 0 Å². The molecule has 0 aromatic rings. The molecule has 1 saturated carbocycles. The average Bonchev–Trinajstić information content (AvgIpc) is 2.21. The Balaban J connectivity index is 1.88. The van der Waals surface area contributed by atoms with Gasteiger partial charge in [-0.25, -0.2) is 0 Å². The van der Waals surface area contributed by atoms with Gasteiger partial charge in [-0.1, -0.05) is 0 Å². The summed E-state index contributed by atoms with van der Waals surface area (Å²) in [6.07, 6.45) is 2.52. The van der Waals surface area contributed by atoms with E-state index in [4.69, 9.17) is 4.55 Å². The zero-order valence-corrected chi connectivity index (χ0v) is 4.29. The van der Waals surface area contributed by atoms with Gasteiger partial charge in [0, 0.05) is 12.0 Å². The SMILES string of the molecule is OSC[C+]1CC1. The van der Waals surface area contributed by atoms with Crippen molar-refractivity contribution in [3.8, 4) is 0 Å². The van der Waals surface area contributed by atoms with E-state index in [1.807, 2.05) is 0 Å². The van der Waals surface area contributed by atoms with Gasteiger partial charge in [0.15, 0.2) is 5.75 Å². The van der Waals surface area contributed by atoms with Crippen molar-refractivity contribution in [3.63, 3.8) is 0 Å². The first-order valence-electron chi connectivity index (χ1n) is 2.03. The molecule has 0 atom stereocenters. The van der Waals surface area contributed by atoms with Gasteiger partial charge in [-0.2, -0.15) is 0 Å². The van der Waals surface area contributed by atoms with Gasteiger partial charge in [0.1, 0.15) is 18.8 Å². The summed E-state index contributed by atoms with van der Waals surface area (Å²) < 4.78 is 8.17. The lowest BCUT2D eigenvalue weighted by Gasteiger charge is -1.71. The zero-order chi connectivity index (χ0) is 4.41. The van der Waals surface area contributed by atoms with Crippen LogP contribution < -0.4 is 0 Å². The van der Waals surface area contributed by atoms with Gasteiger partial charge < -0.3 is 4.55 Å². The molecule has 1 aliphatic carbocycles. The minimum Gasteiger partial charge on any atom is -0.327 e. The van der Waals surface area contributed by atoms with Crippen LogP contribution in [0, 0.1) is 5.92 Å². The van der Waals surface area contributed by atoms with Gasteiger partial charge in [0.25, 0.3) is 0 Å². The topological polar surface area (TPSA) is 20.2 Å². The van der Waals surface area contributed by atoms with Crippen molar-refractivity contribution >= 4 is 12.0 Å². The van der Waals surface area contributed by atoms with E-state index in [2.05, 4.69) is 0 Å². The Bertz CT molecular complexity index is 42.8. The van der Waals surface area contributed by atoms with E-state index < -0.39 is 0 Å². The fourth-order valence-corrected chi connectivity index (χ4v) is 0.795. The highest BCUT2D eigenvalue weighted by Crippen LogP contribution is 2.33. The van der Waals surface area contributed by atoms with Gasteiger partial charge in [0.05, 0.1) is 0 Å². The van der Waals surface area contributed by atoms with Crippen LogP contribution in [0.1, 0.15) is 12.8 Å². The highest BCUT2D eigenvalue weighted by atomic mass is 32.2. The van der Waals surface area contributed by atoms with Gasteiger partial charge in [0.2, 0.25) is 0 Å². The summed E-state index contributed by atoms with van der Waals surface area (Å²) in [6.45, 7) is 0. The maximum atomic E-state index is 8.17. The molecular weight excluding hydrogens is 96.1 g/mol. The number of hydrogen-bond donors (Lipinski definition) is 1. The molecular formula is C4H7OS+. The third-order valence-corrected chi connectivity index (χ3v) is 1.41. The summed E-state index contributed by atoms with van der Waals surface area (Å²) in [5, 5.41) is 0. The monoisotopic (exact) mass is 103 g/mol. The molecule has 0 spiro atoms. The van der Waals surface area contributed by atoms with Crippen LogP contribution in [0.3, 0.4) is 0 Å². The summed E-state index contributed by atoms with van der Waals surface area (Å²) in [7, 11) is 0. The van der Waals surface area contributed by atoms with Crippen LogP contribution >= 0.6 is 12.0 Å².